The lowest BCUT2D eigenvalue weighted by atomic mass is 10.2. The van der Waals surface area contributed by atoms with Gasteiger partial charge in [0.1, 0.15) is 0 Å². The molecule has 0 saturated heterocycles. The Morgan fingerprint density at radius 2 is 2.31 bits per heavy atom. The quantitative estimate of drug-likeness (QED) is 0.712. The Bertz CT molecular complexity index is 578. The van der Waals surface area contributed by atoms with Crippen molar-refractivity contribution in [2.45, 2.75) is 6.92 Å². The standard InChI is InChI=1S/C12H9N3O/c1-9-11(8-16)7-15(14-9)12-4-2-3-10(5-12)6-13/h2-5,7-8H,1H3. The van der Waals surface area contributed by atoms with Crippen molar-refractivity contribution in [1.29, 1.82) is 5.26 Å². The van der Waals surface area contributed by atoms with E-state index < -0.39 is 0 Å². The smallest absolute Gasteiger partial charge is 0.153 e. The summed E-state index contributed by atoms with van der Waals surface area (Å²) < 4.78 is 1.60. The van der Waals surface area contributed by atoms with E-state index in [1.807, 2.05) is 6.07 Å². The maximum absolute atomic E-state index is 10.7. The van der Waals surface area contributed by atoms with Crippen LogP contribution in [0.2, 0.25) is 0 Å². The van der Waals surface area contributed by atoms with Crippen LogP contribution in [0.4, 0.5) is 0 Å². The normalized spacial score (nSPS) is 9.75. The average Bonchev–Trinajstić information content (AvgIpc) is 2.71. The first-order valence-electron chi connectivity index (χ1n) is 4.76. The fourth-order valence-electron chi connectivity index (χ4n) is 1.44. The Kier molecular flexibility index (Phi) is 2.52. The first-order chi connectivity index (χ1) is 7.74. The zero-order valence-electron chi connectivity index (χ0n) is 8.71. The first kappa shape index (κ1) is 10.1. The molecule has 0 saturated carbocycles. The molecule has 16 heavy (non-hydrogen) atoms. The Balaban J connectivity index is 2.50. The third kappa shape index (κ3) is 1.71. The van der Waals surface area contributed by atoms with E-state index in [9.17, 15) is 4.79 Å². The predicted octanol–water partition coefficient (Wildman–Crippen LogP) is 1.86. The molecule has 4 nitrogen and oxygen atoms in total. The summed E-state index contributed by atoms with van der Waals surface area (Å²) in [4.78, 5) is 10.7. The van der Waals surface area contributed by atoms with Crippen molar-refractivity contribution in [3.8, 4) is 11.8 Å². The average molecular weight is 211 g/mol. The first-order valence-corrected chi connectivity index (χ1v) is 4.76. The Morgan fingerprint density at radius 3 is 2.94 bits per heavy atom. The molecule has 78 valence electrons. The van der Waals surface area contributed by atoms with Gasteiger partial charge in [-0.2, -0.15) is 10.4 Å². The zero-order chi connectivity index (χ0) is 11.5. The van der Waals surface area contributed by atoms with E-state index >= 15 is 0 Å². The molecular formula is C12H9N3O. The molecule has 0 unspecified atom stereocenters. The molecule has 0 N–H and O–H groups in total. The van der Waals surface area contributed by atoms with Crippen LogP contribution in [-0.4, -0.2) is 16.1 Å². The van der Waals surface area contributed by atoms with Gasteiger partial charge in [-0.1, -0.05) is 6.07 Å². The third-order valence-corrected chi connectivity index (χ3v) is 2.30. The van der Waals surface area contributed by atoms with Gasteiger partial charge >= 0.3 is 0 Å². The largest absolute Gasteiger partial charge is 0.298 e. The van der Waals surface area contributed by atoms with Gasteiger partial charge in [-0.05, 0) is 25.1 Å². The van der Waals surface area contributed by atoms with Crippen molar-refractivity contribution in [3.63, 3.8) is 0 Å². The van der Waals surface area contributed by atoms with Crippen molar-refractivity contribution < 1.29 is 4.79 Å². The van der Waals surface area contributed by atoms with Crippen LogP contribution >= 0.6 is 0 Å². The molecule has 0 atom stereocenters. The molecule has 0 fully saturated rings. The van der Waals surface area contributed by atoms with Crippen LogP contribution in [0.1, 0.15) is 21.6 Å². The van der Waals surface area contributed by atoms with Gasteiger partial charge in [0.15, 0.2) is 6.29 Å². The van der Waals surface area contributed by atoms with Gasteiger partial charge in [-0.25, -0.2) is 4.68 Å². The maximum atomic E-state index is 10.7. The van der Waals surface area contributed by atoms with Crippen molar-refractivity contribution in [2.75, 3.05) is 0 Å². The molecule has 0 bridgehead atoms. The van der Waals surface area contributed by atoms with Crippen LogP contribution in [0.15, 0.2) is 30.5 Å². The topological polar surface area (TPSA) is 58.7 Å². The van der Waals surface area contributed by atoms with E-state index in [4.69, 9.17) is 5.26 Å². The van der Waals surface area contributed by atoms with Crippen LogP contribution in [-0.2, 0) is 0 Å². The molecule has 0 radical (unpaired) electrons. The third-order valence-electron chi connectivity index (χ3n) is 2.30. The molecule has 1 aromatic heterocycles. The highest BCUT2D eigenvalue weighted by Gasteiger charge is 2.05. The summed E-state index contributed by atoms with van der Waals surface area (Å²) in [6, 6.07) is 9.13. The molecule has 0 aliphatic carbocycles. The van der Waals surface area contributed by atoms with Crippen LogP contribution in [0.5, 0.6) is 0 Å². The van der Waals surface area contributed by atoms with E-state index in [-0.39, 0.29) is 0 Å². The summed E-state index contributed by atoms with van der Waals surface area (Å²) in [5, 5.41) is 13.0. The molecule has 0 spiro atoms. The SMILES string of the molecule is Cc1nn(-c2cccc(C#N)c2)cc1C=O. The summed E-state index contributed by atoms with van der Waals surface area (Å²) in [5.74, 6) is 0. The van der Waals surface area contributed by atoms with Gasteiger partial charge in [0.25, 0.3) is 0 Å². The summed E-state index contributed by atoms with van der Waals surface area (Å²) in [7, 11) is 0. The molecular weight excluding hydrogens is 202 g/mol. The maximum Gasteiger partial charge on any atom is 0.153 e. The second kappa shape index (κ2) is 3.99. The molecule has 2 aromatic rings. The fourth-order valence-corrected chi connectivity index (χ4v) is 1.44. The highest BCUT2D eigenvalue weighted by molar-refractivity contribution is 5.76. The molecule has 1 aromatic carbocycles. The molecule has 0 amide bonds. The second-order valence-corrected chi connectivity index (χ2v) is 3.39. The van der Waals surface area contributed by atoms with Crippen molar-refractivity contribution in [2.24, 2.45) is 0 Å². The van der Waals surface area contributed by atoms with E-state index in [0.717, 1.165) is 12.0 Å². The summed E-state index contributed by atoms with van der Waals surface area (Å²) in [5.41, 5.74) is 2.58. The monoisotopic (exact) mass is 211 g/mol. The number of carbonyl (C=O) groups excluding carboxylic acids is 1. The van der Waals surface area contributed by atoms with Crippen LogP contribution in [0.25, 0.3) is 5.69 Å². The molecule has 2 rings (SSSR count). The van der Waals surface area contributed by atoms with Crippen LogP contribution < -0.4 is 0 Å². The highest BCUT2D eigenvalue weighted by atomic mass is 16.1. The van der Waals surface area contributed by atoms with Gasteiger partial charge in [0, 0.05) is 6.20 Å². The van der Waals surface area contributed by atoms with Gasteiger partial charge < -0.3 is 0 Å². The van der Waals surface area contributed by atoms with Crippen molar-refractivity contribution in [1.82, 2.24) is 9.78 Å². The number of aldehydes is 1. The number of hydrogen-bond donors (Lipinski definition) is 0. The number of nitriles is 1. The lowest BCUT2D eigenvalue weighted by Gasteiger charge is -2.00. The zero-order valence-corrected chi connectivity index (χ0v) is 8.71. The van der Waals surface area contributed by atoms with Gasteiger partial charge in [-0.3, -0.25) is 4.79 Å². The van der Waals surface area contributed by atoms with Crippen LogP contribution in [0.3, 0.4) is 0 Å². The van der Waals surface area contributed by atoms with Gasteiger partial charge in [0.05, 0.1) is 28.6 Å². The summed E-state index contributed by atoms with van der Waals surface area (Å²) in [6.45, 7) is 1.77. The van der Waals surface area contributed by atoms with Gasteiger partial charge in [-0.15, -0.1) is 0 Å². The van der Waals surface area contributed by atoms with Crippen molar-refractivity contribution >= 4 is 6.29 Å². The Labute approximate surface area is 92.7 Å². The number of benzene rings is 1. The predicted molar refractivity (Wildman–Crippen MR) is 58.4 cm³/mol. The summed E-state index contributed by atoms with van der Waals surface area (Å²) >= 11 is 0. The molecule has 4 heteroatoms. The van der Waals surface area contributed by atoms with E-state index in [2.05, 4.69) is 11.2 Å². The lowest BCUT2D eigenvalue weighted by molar-refractivity contribution is 0.112. The lowest BCUT2D eigenvalue weighted by Crippen LogP contribution is -1.95. The number of carbonyl (C=O) groups is 1. The minimum Gasteiger partial charge on any atom is -0.298 e. The Morgan fingerprint density at radius 1 is 1.50 bits per heavy atom. The number of rotatable bonds is 2. The minimum atomic E-state index is 0.558. The van der Waals surface area contributed by atoms with E-state index in [1.165, 1.54) is 0 Å². The summed E-state index contributed by atoms with van der Waals surface area (Å²) in [6.07, 6.45) is 2.42. The molecule has 0 aliphatic rings. The molecule has 1 heterocycles. The number of aromatic nitrogens is 2. The highest BCUT2D eigenvalue weighted by Crippen LogP contribution is 2.12. The van der Waals surface area contributed by atoms with E-state index in [0.29, 0.717) is 16.8 Å². The molecule has 0 aliphatic heterocycles. The van der Waals surface area contributed by atoms with Crippen molar-refractivity contribution in [3.05, 3.63) is 47.3 Å². The number of nitrogens with zero attached hydrogens (tertiary/aromatic N) is 3. The van der Waals surface area contributed by atoms with Gasteiger partial charge in [0.2, 0.25) is 0 Å². The number of aryl methyl sites for hydroxylation is 1. The van der Waals surface area contributed by atoms with E-state index in [1.54, 1.807) is 36.0 Å². The van der Waals surface area contributed by atoms with Crippen LogP contribution in [0, 0.1) is 18.3 Å². The minimum absolute atomic E-state index is 0.558. The number of hydrogen-bond acceptors (Lipinski definition) is 3. The fraction of sp³-hybridized carbons (Fsp3) is 0.0833. The Hall–Kier alpha value is -2.41. The second-order valence-electron chi connectivity index (χ2n) is 3.39.